The molecule has 0 aliphatic heterocycles. The number of carbonyl (C=O) groups is 1. The predicted molar refractivity (Wildman–Crippen MR) is 99.0 cm³/mol. The third-order valence-electron chi connectivity index (χ3n) is 3.31. The van der Waals surface area contributed by atoms with Gasteiger partial charge in [0.1, 0.15) is 6.61 Å². The van der Waals surface area contributed by atoms with Crippen molar-refractivity contribution in [2.24, 2.45) is 5.92 Å². The first-order chi connectivity index (χ1) is 12.2. The summed E-state index contributed by atoms with van der Waals surface area (Å²) < 4.78 is 26.7. The zero-order valence-electron chi connectivity index (χ0n) is 16.2. The molecule has 7 heteroatoms. The average Bonchev–Trinajstić information content (AvgIpc) is 2.60. The summed E-state index contributed by atoms with van der Waals surface area (Å²) in [5.41, 5.74) is 0. The standard InChI is InChI=1S/C18H37NO6.H2/c1-4-6-17(3)15-25-14-13-24-12-11-23-10-9-22-8-7-19-18(20)16-21-5-2;/h17H,4-16H2,1-3H3,(H,19,20);1H. The summed E-state index contributed by atoms with van der Waals surface area (Å²) in [6.07, 6.45) is 2.40. The van der Waals surface area contributed by atoms with Gasteiger partial charge in [0.2, 0.25) is 5.91 Å². The zero-order chi connectivity index (χ0) is 18.6. The van der Waals surface area contributed by atoms with E-state index in [-0.39, 0.29) is 13.9 Å². The molecule has 0 aliphatic rings. The highest BCUT2D eigenvalue weighted by molar-refractivity contribution is 5.77. The first-order valence-corrected chi connectivity index (χ1v) is 9.36. The number of ether oxygens (including phenoxy) is 5. The Morgan fingerprint density at radius 1 is 0.880 bits per heavy atom. The van der Waals surface area contributed by atoms with Crippen LogP contribution in [0.4, 0.5) is 0 Å². The molecule has 0 fully saturated rings. The number of nitrogens with one attached hydrogen (secondary N) is 1. The van der Waals surface area contributed by atoms with E-state index in [2.05, 4.69) is 19.2 Å². The summed E-state index contributed by atoms with van der Waals surface area (Å²) in [7, 11) is 0. The molecule has 0 spiro atoms. The van der Waals surface area contributed by atoms with Crippen molar-refractivity contribution >= 4 is 5.91 Å². The Kier molecular flexibility index (Phi) is 19.0. The Labute approximate surface area is 154 Å². The van der Waals surface area contributed by atoms with E-state index in [0.29, 0.717) is 65.3 Å². The molecule has 1 N–H and O–H groups in total. The van der Waals surface area contributed by atoms with Crippen LogP contribution in [0.25, 0.3) is 0 Å². The van der Waals surface area contributed by atoms with Gasteiger partial charge in [-0.15, -0.1) is 0 Å². The molecule has 0 bridgehead atoms. The molecule has 7 nitrogen and oxygen atoms in total. The number of hydrogen-bond donors (Lipinski definition) is 1. The van der Waals surface area contributed by atoms with Crippen LogP contribution < -0.4 is 5.32 Å². The van der Waals surface area contributed by atoms with Crippen molar-refractivity contribution in [3.05, 3.63) is 0 Å². The van der Waals surface area contributed by atoms with E-state index in [9.17, 15) is 4.79 Å². The van der Waals surface area contributed by atoms with E-state index in [1.165, 1.54) is 12.8 Å². The van der Waals surface area contributed by atoms with E-state index < -0.39 is 0 Å². The summed E-state index contributed by atoms with van der Waals surface area (Å²) in [4.78, 5) is 11.2. The van der Waals surface area contributed by atoms with E-state index in [0.717, 1.165) is 6.61 Å². The molecular weight excluding hydrogens is 326 g/mol. The smallest absolute Gasteiger partial charge is 0.246 e. The molecule has 0 radical (unpaired) electrons. The maximum absolute atomic E-state index is 11.2. The quantitative estimate of drug-likeness (QED) is 0.352. The fourth-order valence-corrected chi connectivity index (χ4v) is 2.03. The molecule has 1 atom stereocenters. The molecule has 0 aromatic heterocycles. The monoisotopic (exact) mass is 365 g/mol. The van der Waals surface area contributed by atoms with Crippen molar-refractivity contribution in [2.45, 2.75) is 33.6 Å². The molecule has 0 rings (SSSR count). The third-order valence-corrected chi connectivity index (χ3v) is 3.31. The summed E-state index contributed by atoms with van der Waals surface area (Å²) in [5, 5.41) is 2.71. The van der Waals surface area contributed by atoms with Crippen LogP contribution in [-0.2, 0) is 28.5 Å². The van der Waals surface area contributed by atoms with Gasteiger partial charge in [-0.25, -0.2) is 0 Å². The molecule has 0 aromatic carbocycles. The lowest BCUT2D eigenvalue weighted by atomic mass is 10.1. The lowest BCUT2D eigenvalue weighted by molar-refractivity contribution is -0.125. The summed E-state index contributed by atoms with van der Waals surface area (Å²) in [6, 6.07) is 0. The van der Waals surface area contributed by atoms with Crippen LogP contribution in [0.1, 0.15) is 35.0 Å². The molecule has 1 unspecified atom stereocenters. The molecule has 0 aliphatic carbocycles. The van der Waals surface area contributed by atoms with Crippen molar-refractivity contribution in [3.63, 3.8) is 0 Å². The van der Waals surface area contributed by atoms with Crippen LogP contribution in [0, 0.1) is 5.92 Å². The SMILES string of the molecule is CCCC(C)COCCOCCOCCOCCNC(=O)COCC.[HH]. The Morgan fingerprint density at radius 2 is 1.44 bits per heavy atom. The fourth-order valence-electron chi connectivity index (χ4n) is 2.03. The molecule has 0 saturated heterocycles. The minimum Gasteiger partial charge on any atom is -0.379 e. The molecule has 25 heavy (non-hydrogen) atoms. The Bertz CT molecular complexity index is 297. The van der Waals surface area contributed by atoms with E-state index in [4.69, 9.17) is 23.7 Å². The van der Waals surface area contributed by atoms with Gasteiger partial charge in [0, 0.05) is 21.2 Å². The Balaban J connectivity index is 0. The highest BCUT2D eigenvalue weighted by Crippen LogP contribution is 2.04. The first kappa shape index (κ1) is 24.3. The predicted octanol–water partition coefficient (Wildman–Crippen LogP) is 1.89. The van der Waals surface area contributed by atoms with E-state index in [1.54, 1.807) is 0 Å². The van der Waals surface area contributed by atoms with Crippen molar-refractivity contribution < 1.29 is 29.9 Å². The van der Waals surface area contributed by atoms with Crippen LogP contribution in [-0.4, -0.2) is 78.5 Å². The molecule has 0 aromatic rings. The largest absolute Gasteiger partial charge is 0.379 e. The lowest BCUT2D eigenvalue weighted by Gasteiger charge is -2.11. The van der Waals surface area contributed by atoms with Crippen LogP contribution in [0.3, 0.4) is 0 Å². The van der Waals surface area contributed by atoms with Gasteiger partial charge in [-0.05, 0) is 19.3 Å². The topological polar surface area (TPSA) is 75.3 Å². The van der Waals surface area contributed by atoms with E-state index in [1.807, 2.05) is 6.92 Å². The van der Waals surface area contributed by atoms with Crippen LogP contribution in [0.2, 0.25) is 0 Å². The van der Waals surface area contributed by atoms with Crippen molar-refractivity contribution in [1.82, 2.24) is 5.32 Å². The van der Waals surface area contributed by atoms with Gasteiger partial charge in [0.15, 0.2) is 0 Å². The van der Waals surface area contributed by atoms with Gasteiger partial charge in [-0.1, -0.05) is 20.3 Å². The normalized spacial score (nSPS) is 12.3. The number of carbonyl (C=O) groups excluding carboxylic acids is 1. The zero-order valence-corrected chi connectivity index (χ0v) is 16.2. The summed E-state index contributed by atoms with van der Waals surface area (Å²) in [5.74, 6) is 0.494. The second-order valence-corrected chi connectivity index (χ2v) is 5.79. The first-order valence-electron chi connectivity index (χ1n) is 9.36. The molecular formula is C18H39NO6. The Morgan fingerprint density at radius 3 is 2.00 bits per heavy atom. The minimum atomic E-state index is -0.123. The highest BCUT2D eigenvalue weighted by Gasteiger charge is 2.00. The van der Waals surface area contributed by atoms with Gasteiger partial charge in [-0.2, -0.15) is 0 Å². The minimum absolute atomic E-state index is 0. The van der Waals surface area contributed by atoms with Gasteiger partial charge in [0.05, 0.1) is 46.2 Å². The Hall–Kier alpha value is -0.730. The van der Waals surface area contributed by atoms with Crippen molar-refractivity contribution in [2.75, 3.05) is 72.6 Å². The van der Waals surface area contributed by atoms with Gasteiger partial charge in [0.25, 0.3) is 0 Å². The maximum atomic E-state index is 11.2. The van der Waals surface area contributed by atoms with Gasteiger partial charge in [-0.3, -0.25) is 4.79 Å². The molecule has 1 amide bonds. The summed E-state index contributed by atoms with van der Waals surface area (Å²) >= 11 is 0. The number of amides is 1. The second kappa shape index (κ2) is 19.6. The lowest BCUT2D eigenvalue weighted by Crippen LogP contribution is -2.30. The molecule has 152 valence electrons. The molecule has 0 saturated carbocycles. The van der Waals surface area contributed by atoms with Crippen molar-refractivity contribution in [3.8, 4) is 0 Å². The average molecular weight is 366 g/mol. The second-order valence-electron chi connectivity index (χ2n) is 5.79. The van der Waals surface area contributed by atoms with Crippen LogP contribution >= 0.6 is 0 Å². The van der Waals surface area contributed by atoms with E-state index >= 15 is 0 Å². The third kappa shape index (κ3) is 19.4. The maximum Gasteiger partial charge on any atom is 0.246 e. The molecule has 0 heterocycles. The van der Waals surface area contributed by atoms with Gasteiger partial charge >= 0.3 is 0 Å². The number of hydrogen-bond acceptors (Lipinski definition) is 6. The van der Waals surface area contributed by atoms with Crippen LogP contribution in [0.5, 0.6) is 0 Å². The number of rotatable bonds is 19. The fraction of sp³-hybridized carbons (Fsp3) is 0.944. The van der Waals surface area contributed by atoms with Gasteiger partial charge < -0.3 is 29.0 Å². The highest BCUT2D eigenvalue weighted by atomic mass is 16.6. The van der Waals surface area contributed by atoms with Crippen LogP contribution in [0.15, 0.2) is 0 Å². The van der Waals surface area contributed by atoms with Crippen molar-refractivity contribution in [1.29, 1.82) is 0 Å². The summed E-state index contributed by atoms with van der Waals surface area (Å²) in [6.45, 7) is 12.0.